The van der Waals surface area contributed by atoms with Crippen LogP contribution in [0.3, 0.4) is 0 Å². The molecule has 0 aromatic heterocycles. The van der Waals surface area contributed by atoms with E-state index in [2.05, 4.69) is 16.6 Å². The van der Waals surface area contributed by atoms with Crippen LogP contribution in [-0.4, -0.2) is 18.5 Å². The molecule has 0 saturated carbocycles. The Kier molecular flexibility index (Phi) is 3.34. The summed E-state index contributed by atoms with van der Waals surface area (Å²) in [6, 6.07) is 7.86. The predicted molar refractivity (Wildman–Crippen MR) is 68.6 cm³/mol. The molecule has 1 heterocycles. The van der Waals surface area contributed by atoms with Gasteiger partial charge in [-0.3, -0.25) is 4.79 Å². The van der Waals surface area contributed by atoms with Crippen LogP contribution >= 0.6 is 0 Å². The number of fused-ring (bicyclic) bond motifs is 1. The van der Waals surface area contributed by atoms with Crippen molar-refractivity contribution in [2.45, 2.75) is 19.4 Å². The fraction of sp³-hybridized carbons (Fsp3) is 0.357. The largest absolute Gasteiger partial charge is 0.384 e. The van der Waals surface area contributed by atoms with Gasteiger partial charge in [-0.25, -0.2) is 0 Å². The van der Waals surface area contributed by atoms with E-state index in [0.29, 0.717) is 6.54 Å². The Morgan fingerprint density at radius 3 is 3.12 bits per heavy atom. The Morgan fingerprint density at radius 1 is 1.59 bits per heavy atom. The quantitative estimate of drug-likeness (QED) is 0.751. The first-order valence-corrected chi connectivity index (χ1v) is 5.79. The lowest BCUT2D eigenvalue weighted by Crippen LogP contribution is -2.41. The lowest BCUT2D eigenvalue weighted by Gasteiger charge is -2.25. The van der Waals surface area contributed by atoms with E-state index in [-0.39, 0.29) is 17.9 Å². The highest BCUT2D eigenvalue weighted by Gasteiger charge is 2.24. The Hall–Kier alpha value is -1.95. The Balaban J connectivity index is 2.03. The molecule has 17 heavy (non-hydrogen) atoms. The number of nitrogens with one attached hydrogen (secondary N) is 2. The second kappa shape index (κ2) is 4.92. The number of amides is 1. The number of carbonyl (C=O) groups is 1. The van der Waals surface area contributed by atoms with Crippen molar-refractivity contribution >= 4 is 11.6 Å². The van der Waals surface area contributed by atoms with Gasteiger partial charge in [0.15, 0.2) is 0 Å². The molecule has 2 unspecified atom stereocenters. The lowest BCUT2D eigenvalue weighted by molar-refractivity contribution is -0.124. The number of hydrogen-bond acceptors (Lipinski definition) is 2. The van der Waals surface area contributed by atoms with Crippen LogP contribution in [0.4, 0.5) is 5.69 Å². The Bertz CT molecular complexity index is 462. The fourth-order valence-corrected chi connectivity index (χ4v) is 2.00. The van der Waals surface area contributed by atoms with Crippen LogP contribution in [0.5, 0.6) is 0 Å². The molecular weight excluding hydrogens is 212 g/mol. The summed E-state index contributed by atoms with van der Waals surface area (Å²) in [7, 11) is 0. The number of rotatable bonds is 2. The van der Waals surface area contributed by atoms with Gasteiger partial charge in [-0.2, -0.15) is 0 Å². The minimum atomic E-state index is -0.209. The lowest BCUT2D eigenvalue weighted by atomic mass is 9.93. The number of terminal acetylenes is 1. The minimum Gasteiger partial charge on any atom is -0.384 e. The number of para-hydroxylation sites is 1. The molecule has 1 amide bonds. The summed E-state index contributed by atoms with van der Waals surface area (Å²) < 4.78 is 0. The van der Waals surface area contributed by atoms with Crippen LogP contribution < -0.4 is 10.6 Å². The fourth-order valence-electron chi connectivity index (χ4n) is 2.00. The van der Waals surface area contributed by atoms with Crippen molar-refractivity contribution in [1.29, 1.82) is 0 Å². The topological polar surface area (TPSA) is 41.1 Å². The maximum absolute atomic E-state index is 11.9. The molecular formula is C14H16N2O. The van der Waals surface area contributed by atoms with Crippen molar-refractivity contribution in [3.05, 3.63) is 29.8 Å². The highest BCUT2D eigenvalue weighted by atomic mass is 16.1. The third kappa shape index (κ3) is 2.59. The molecule has 3 nitrogen and oxygen atoms in total. The van der Waals surface area contributed by atoms with E-state index in [9.17, 15) is 4.79 Å². The van der Waals surface area contributed by atoms with Crippen molar-refractivity contribution in [2.75, 3.05) is 11.9 Å². The maximum atomic E-state index is 11.9. The second-order valence-electron chi connectivity index (χ2n) is 4.34. The zero-order chi connectivity index (χ0) is 12.3. The zero-order valence-corrected chi connectivity index (χ0v) is 9.86. The van der Waals surface area contributed by atoms with Gasteiger partial charge in [0.25, 0.3) is 0 Å². The van der Waals surface area contributed by atoms with E-state index >= 15 is 0 Å². The van der Waals surface area contributed by atoms with E-state index in [1.54, 1.807) is 0 Å². The van der Waals surface area contributed by atoms with Crippen molar-refractivity contribution < 1.29 is 4.79 Å². The van der Waals surface area contributed by atoms with Gasteiger partial charge in [-0.05, 0) is 25.0 Å². The molecule has 0 aliphatic carbocycles. The first-order valence-electron chi connectivity index (χ1n) is 5.79. The van der Waals surface area contributed by atoms with Crippen molar-refractivity contribution in [3.63, 3.8) is 0 Å². The third-order valence-corrected chi connectivity index (χ3v) is 3.00. The highest BCUT2D eigenvalue weighted by molar-refractivity contribution is 5.81. The molecule has 0 spiro atoms. The van der Waals surface area contributed by atoms with Gasteiger partial charge in [-0.1, -0.05) is 24.1 Å². The highest BCUT2D eigenvalue weighted by Crippen LogP contribution is 2.24. The van der Waals surface area contributed by atoms with Crippen LogP contribution in [0.25, 0.3) is 0 Å². The number of carbonyl (C=O) groups excluding carboxylic acids is 1. The number of benzene rings is 1. The summed E-state index contributed by atoms with van der Waals surface area (Å²) in [6.45, 7) is 2.47. The van der Waals surface area contributed by atoms with Crippen molar-refractivity contribution in [1.82, 2.24) is 5.32 Å². The Morgan fingerprint density at radius 2 is 2.35 bits per heavy atom. The summed E-state index contributed by atoms with van der Waals surface area (Å²) in [4.78, 5) is 11.9. The summed E-state index contributed by atoms with van der Waals surface area (Å²) in [5, 5.41) is 6.09. The van der Waals surface area contributed by atoms with E-state index in [0.717, 1.165) is 12.1 Å². The third-order valence-electron chi connectivity index (χ3n) is 3.00. The molecule has 0 bridgehead atoms. The summed E-state index contributed by atoms with van der Waals surface area (Å²) >= 11 is 0. The Labute approximate surface area is 102 Å². The molecule has 0 fully saturated rings. The molecule has 2 rings (SSSR count). The second-order valence-corrected chi connectivity index (χ2v) is 4.34. The van der Waals surface area contributed by atoms with Gasteiger partial charge >= 0.3 is 0 Å². The minimum absolute atomic E-state index is 0.0254. The van der Waals surface area contributed by atoms with Gasteiger partial charge in [0, 0.05) is 12.2 Å². The predicted octanol–water partition coefficient (Wildman–Crippen LogP) is 1.41. The maximum Gasteiger partial charge on any atom is 0.226 e. The average molecular weight is 228 g/mol. The van der Waals surface area contributed by atoms with Crippen LogP contribution in [0.1, 0.15) is 12.5 Å². The molecule has 1 aliphatic heterocycles. The SMILES string of the molecule is C#CC(C)NC(=O)C1CNc2ccccc2C1. The van der Waals surface area contributed by atoms with Gasteiger partial charge < -0.3 is 10.6 Å². The summed E-state index contributed by atoms with van der Waals surface area (Å²) in [5.74, 6) is 2.49. The molecule has 2 N–H and O–H groups in total. The van der Waals surface area contributed by atoms with E-state index in [1.807, 2.05) is 31.2 Å². The van der Waals surface area contributed by atoms with Crippen LogP contribution in [-0.2, 0) is 11.2 Å². The first kappa shape index (κ1) is 11.5. The standard InChI is InChI=1S/C14H16N2O/c1-3-10(2)16-14(17)12-8-11-6-4-5-7-13(11)15-9-12/h1,4-7,10,12,15H,8-9H2,2H3,(H,16,17). The first-order chi connectivity index (χ1) is 8.20. The van der Waals surface area contributed by atoms with Crippen molar-refractivity contribution in [2.24, 2.45) is 5.92 Å². The van der Waals surface area contributed by atoms with Gasteiger partial charge in [0.1, 0.15) is 0 Å². The molecule has 0 saturated heterocycles. The van der Waals surface area contributed by atoms with Crippen molar-refractivity contribution in [3.8, 4) is 12.3 Å². The zero-order valence-electron chi connectivity index (χ0n) is 9.86. The normalized spacial score (nSPS) is 19.4. The number of hydrogen-bond donors (Lipinski definition) is 2. The summed E-state index contributed by atoms with van der Waals surface area (Å²) in [5.41, 5.74) is 2.31. The van der Waals surface area contributed by atoms with Crippen LogP contribution in [0, 0.1) is 18.3 Å². The van der Waals surface area contributed by atoms with Crippen LogP contribution in [0.15, 0.2) is 24.3 Å². The summed E-state index contributed by atoms with van der Waals surface area (Å²) in [6.07, 6.45) is 6.02. The molecule has 1 aromatic rings. The average Bonchev–Trinajstić information content (AvgIpc) is 2.38. The monoisotopic (exact) mass is 228 g/mol. The van der Waals surface area contributed by atoms with Gasteiger partial charge in [-0.15, -0.1) is 6.42 Å². The molecule has 3 heteroatoms. The van der Waals surface area contributed by atoms with Gasteiger partial charge in [0.05, 0.1) is 12.0 Å². The van der Waals surface area contributed by atoms with Gasteiger partial charge in [0.2, 0.25) is 5.91 Å². The molecule has 88 valence electrons. The van der Waals surface area contributed by atoms with Crippen LogP contribution in [0.2, 0.25) is 0 Å². The molecule has 0 radical (unpaired) electrons. The van der Waals surface area contributed by atoms with E-state index < -0.39 is 0 Å². The molecule has 2 atom stereocenters. The van der Waals surface area contributed by atoms with E-state index in [1.165, 1.54) is 5.56 Å². The molecule has 1 aromatic carbocycles. The number of anilines is 1. The van der Waals surface area contributed by atoms with E-state index in [4.69, 9.17) is 6.42 Å². The molecule has 1 aliphatic rings. The smallest absolute Gasteiger partial charge is 0.226 e.